The smallest absolute Gasteiger partial charge is 0.214 e. The maximum atomic E-state index is 13.1. The number of rotatable bonds is 2. The molecule has 0 bridgehead atoms. The van der Waals surface area contributed by atoms with Crippen LogP contribution in [0.15, 0.2) is 23.1 Å². The van der Waals surface area contributed by atoms with Crippen molar-refractivity contribution >= 4 is 21.6 Å². The zero-order valence-electron chi connectivity index (χ0n) is 6.71. The first-order chi connectivity index (χ1) is 5.99. The first-order valence-corrected chi connectivity index (χ1v) is 5.22. The molecule has 1 rings (SSSR count). The van der Waals surface area contributed by atoms with E-state index in [1.165, 1.54) is 19.2 Å². The van der Waals surface area contributed by atoms with Crippen molar-refractivity contribution in [3.05, 3.63) is 29.0 Å². The van der Waals surface area contributed by atoms with Gasteiger partial charge in [0.25, 0.3) is 0 Å². The molecule has 0 heterocycles. The van der Waals surface area contributed by atoms with Crippen LogP contribution in [0.25, 0.3) is 0 Å². The minimum Gasteiger partial charge on any atom is -0.214 e. The van der Waals surface area contributed by atoms with Crippen LogP contribution in [-0.4, -0.2) is 15.5 Å². The Morgan fingerprint density at radius 2 is 2.08 bits per heavy atom. The van der Waals surface area contributed by atoms with E-state index in [4.69, 9.17) is 11.6 Å². The Kier molecular flexibility index (Phi) is 2.90. The van der Waals surface area contributed by atoms with Gasteiger partial charge >= 0.3 is 0 Å². The summed E-state index contributed by atoms with van der Waals surface area (Å²) < 4.78 is 37.5. The Hall–Kier alpha value is -0.650. The summed E-state index contributed by atoms with van der Waals surface area (Å²) in [6, 6.07) is 3.80. The Morgan fingerprint density at radius 1 is 1.46 bits per heavy atom. The van der Waals surface area contributed by atoms with E-state index in [1.807, 2.05) is 4.72 Å². The number of benzene rings is 1. The lowest BCUT2D eigenvalue weighted by Gasteiger charge is -2.03. The summed E-state index contributed by atoms with van der Waals surface area (Å²) >= 11 is 5.41. The maximum absolute atomic E-state index is 13.1. The van der Waals surface area contributed by atoms with E-state index < -0.39 is 20.7 Å². The SMILES string of the molecule is CNS(=O)(=O)c1cccc(Cl)c1F. The number of sulfonamides is 1. The largest absolute Gasteiger partial charge is 0.243 e. The standard InChI is InChI=1S/C7H7ClFNO2S/c1-10-13(11,12)6-4-2-3-5(8)7(6)9/h2-4,10H,1H3. The molecule has 3 nitrogen and oxygen atoms in total. The molecule has 0 aliphatic carbocycles. The molecule has 0 saturated heterocycles. The molecule has 0 amide bonds. The first kappa shape index (κ1) is 10.4. The molecule has 0 aliphatic rings. The zero-order valence-corrected chi connectivity index (χ0v) is 8.29. The van der Waals surface area contributed by atoms with E-state index in [2.05, 4.69) is 0 Å². The minimum atomic E-state index is -3.76. The van der Waals surface area contributed by atoms with E-state index in [0.717, 1.165) is 6.07 Å². The third-order valence-corrected chi connectivity index (χ3v) is 3.20. The zero-order chi connectivity index (χ0) is 10.1. The van der Waals surface area contributed by atoms with Crippen LogP contribution < -0.4 is 4.72 Å². The molecule has 0 fully saturated rings. The van der Waals surface area contributed by atoms with Gasteiger partial charge in [0.15, 0.2) is 5.82 Å². The van der Waals surface area contributed by atoms with Crippen molar-refractivity contribution in [3.8, 4) is 0 Å². The van der Waals surface area contributed by atoms with Crippen molar-refractivity contribution in [2.45, 2.75) is 4.90 Å². The van der Waals surface area contributed by atoms with E-state index in [9.17, 15) is 12.8 Å². The van der Waals surface area contributed by atoms with Gasteiger partial charge in [0, 0.05) is 0 Å². The lowest BCUT2D eigenvalue weighted by Crippen LogP contribution is -2.19. The van der Waals surface area contributed by atoms with Crippen LogP contribution >= 0.6 is 11.6 Å². The fourth-order valence-electron chi connectivity index (χ4n) is 0.802. The molecule has 0 unspecified atom stereocenters. The van der Waals surface area contributed by atoms with Crippen LogP contribution in [0.5, 0.6) is 0 Å². The van der Waals surface area contributed by atoms with Gasteiger partial charge in [0.2, 0.25) is 10.0 Å². The van der Waals surface area contributed by atoms with Crippen molar-refractivity contribution in [2.24, 2.45) is 0 Å². The maximum Gasteiger partial charge on any atom is 0.243 e. The fraction of sp³-hybridized carbons (Fsp3) is 0.143. The molecule has 0 spiro atoms. The van der Waals surface area contributed by atoms with Gasteiger partial charge in [0.05, 0.1) is 5.02 Å². The summed E-state index contributed by atoms with van der Waals surface area (Å²) in [4.78, 5) is -0.442. The van der Waals surface area contributed by atoms with E-state index in [1.54, 1.807) is 0 Å². The van der Waals surface area contributed by atoms with Crippen molar-refractivity contribution in [3.63, 3.8) is 0 Å². The minimum absolute atomic E-state index is 0.212. The van der Waals surface area contributed by atoms with Gasteiger partial charge in [-0.25, -0.2) is 17.5 Å². The van der Waals surface area contributed by atoms with Gasteiger partial charge in [-0.05, 0) is 19.2 Å². The van der Waals surface area contributed by atoms with Crippen molar-refractivity contribution in [2.75, 3.05) is 7.05 Å². The molecule has 0 radical (unpaired) electrons. The highest BCUT2D eigenvalue weighted by molar-refractivity contribution is 7.89. The highest BCUT2D eigenvalue weighted by Gasteiger charge is 2.18. The Balaban J connectivity index is 3.40. The summed E-state index contributed by atoms with van der Waals surface area (Å²) in [5.41, 5.74) is 0. The summed E-state index contributed by atoms with van der Waals surface area (Å²) in [6.07, 6.45) is 0. The summed E-state index contributed by atoms with van der Waals surface area (Å²) in [7, 11) is -2.56. The predicted molar refractivity (Wildman–Crippen MR) is 47.7 cm³/mol. The summed E-state index contributed by atoms with van der Waals surface area (Å²) in [5, 5.41) is -0.212. The van der Waals surface area contributed by atoms with E-state index >= 15 is 0 Å². The molecule has 0 atom stereocenters. The van der Waals surface area contributed by atoms with E-state index in [0.29, 0.717) is 0 Å². The third-order valence-electron chi connectivity index (χ3n) is 1.47. The number of halogens is 2. The van der Waals surface area contributed by atoms with Crippen molar-refractivity contribution < 1.29 is 12.8 Å². The van der Waals surface area contributed by atoms with Crippen LogP contribution in [-0.2, 0) is 10.0 Å². The molecular formula is C7H7ClFNO2S. The summed E-state index contributed by atoms with van der Waals surface area (Å²) in [5.74, 6) is -0.932. The van der Waals surface area contributed by atoms with Gasteiger partial charge in [-0.3, -0.25) is 0 Å². The van der Waals surface area contributed by atoms with Gasteiger partial charge in [-0.15, -0.1) is 0 Å². The van der Waals surface area contributed by atoms with Crippen LogP contribution in [0.2, 0.25) is 5.02 Å². The highest BCUT2D eigenvalue weighted by atomic mass is 35.5. The Labute approximate surface area is 80.6 Å². The monoisotopic (exact) mass is 223 g/mol. The first-order valence-electron chi connectivity index (χ1n) is 3.36. The normalized spacial score (nSPS) is 11.6. The second kappa shape index (κ2) is 3.61. The average Bonchev–Trinajstić information content (AvgIpc) is 2.09. The van der Waals surface area contributed by atoms with Crippen molar-refractivity contribution in [1.82, 2.24) is 4.72 Å². The molecule has 0 saturated carbocycles. The van der Waals surface area contributed by atoms with Gasteiger partial charge < -0.3 is 0 Å². The van der Waals surface area contributed by atoms with Gasteiger partial charge in [0.1, 0.15) is 4.90 Å². The molecular weight excluding hydrogens is 217 g/mol. The fourth-order valence-corrected chi connectivity index (χ4v) is 1.86. The van der Waals surface area contributed by atoms with Crippen LogP contribution in [0.1, 0.15) is 0 Å². The number of hydrogen-bond donors (Lipinski definition) is 1. The lowest BCUT2D eigenvalue weighted by atomic mass is 10.3. The summed E-state index contributed by atoms with van der Waals surface area (Å²) in [6.45, 7) is 0. The van der Waals surface area contributed by atoms with Crippen LogP contribution in [0, 0.1) is 5.82 Å². The van der Waals surface area contributed by atoms with Crippen LogP contribution in [0.3, 0.4) is 0 Å². The topological polar surface area (TPSA) is 46.2 Å². The molecule has 72 valence electrons. The molecule has 0 aromatic heterocycles. The third kappa shape index (κ3) is 1.99. The van der Waals surface area contributed by atoms with Gasteiger partial charge in [-0.2, -0.15) is 0 Å². The quantitative estimate of drug-likeness (QED) is 0.824. The molecule has 6 heteroatoms. The van der Waals surface area contributed by atoms with E-state index in [-0.39, 0.29) is 5.02 Å². The lowest BCUT2D eigenvalue weighted by molar-refractivity contribution is 0.562. The Morgan fingerprint density at radius 3 is 2.62 bits per heavy atom. The van der Waals surface area contributed by atoms with Crippen LogP contribution in [0.4, 0.5) is 4.39 Å². The number of nitrogens with one attached hydrogen (secondary N) is 1. The molecule has 13 heavy (non-hydrogen) atoms. The highest BCUT2D eigenvalue weighted by Crippen LogP contribution is 2.21. The van der Waals surface area contributed by atoms with Crippen molar-refractivity contribution in [1.29, 1.82) is 0 Å². The number of hydrogen-bond acceptors (Lipinski definition) is 2. The Bertz CT molecular complexity index is 419. The average molecular weight is 224 g/mol. The second-order valence-corrected chi connectivity index (χ2v) is 4.52. The van der Waals surface area contributed by atoms with Gasteiger partial charge in [-0.1, -0.05) is 17.7 Å². The molecule has 1 N–H and O–H groups in total. The molecule has 1 aromatic carbocycles. The second-order valence-electron chi connectivity index (χ2n) is 2.26. The molecule has 1 aromatic rings. The predicted octanol–water partition coefficient (Wildman–Crippen LogP) is 1.39. The molecule has 0 aliphatic heterocycles.